The van der Waals surface area contributed by atoms with E-state index in [4.69, 9.17) is 15.9 Å². The molecule has 0 unspecified atom stereocenters. The lowest BCUT2D eigenvalue weighted by molar-refractivity contribution is 0.265. The fraction of sp³-hybridized carbons (Fsp3) is 0.667. The molecule has 0 radical (unpaired) electrons. The van der Waals surface area contributed by atoms with Gasteiger partial charge in [0, 0.05) is 12.6 Å². The first-order valence-electron chi connectivity index (χ1n) is 2.87. The van der Waals surface area contributed by atoms with E-state index in [1.165, 1.54) is 0 Å². The first-order valence-corrected chi connectivity index (χ1v) is 2.87. The van der Waals surface area contributed by atoms with E-state index < -0.39 is 0 Å². The number of halogens is 1. The highest BCUT2D eigenvalue weighted by Crippen LogP contribution is 1.99. The molecule has 0 aromatic heterocycles. The summed E-state index contributed by atoms with van der Waals surface area (Å²) in [5, 5.41) is 16.8. The molecule has 0 fully saturated rings. The largest absolute Gasteiger partial charge is 0.396 e. The average molecular weight is 168 g/mol. The fourth-order valence-corrected chi connectivity index (χ4v) is 0.458. The Balaban J connectivity index is 0. The SMILES string of the molecule is C=C(CCO)[C@H](N)CO.Cl. The normalized spacial score (nSPS) is 11.9. The topological polar surface area (TPSA) is 66.5 Å². The summed E-state index contributed by atoms with van der Waals surface area (Å²) in [7, 11) is 0. The predicted molar refractivity (Wildman–Crippen MR) is 43.2 cm³/mol. The van der Waals surface area contributed by atoms with Crippen LogP contribution < -0.4 is 5.73 Å². The number of rotatable bonds is 4. The molecule has 0 aliphatic heterocycles. The Bertz CT molecular complexity index is 97.7. The third kappa shape index (κ3) is 4.76. The molecule has 0 aromatic carbocycles. The Kier molecular flexibility index (Phi) is 8.83. The van der Waals surface area contributed by atoms with Crippen molar-refractivity contribution in [2.24, 2.45) is 5.73 Å². The Morgan fingerprint density at radius 2 is 2.00 bits per heavy atom. The number of aliphatic hydroxyl groups excluding tert-OH is 2. The molecule has 0 aliphatic rings. The van der Waals surface area contributed by atoms with Crippen molar-refractivity contribution in [3.63, 3.8) is 0 Å². The highest BCUT2D eigenvalue weighted by Gasteiger charge is 2.02. The number of aliphatic hydroxyl groups is 2. The summed E-state index contributed by atoms with van der Waals surface area (Å²) in [6, 6.07) is -0.378. The second-order valence-corrected chi connectivity index (χ2v) is 1.92. The maximum Gasteiger partial charge on any atom is 0.0621 e. The third-order valence-corrected chi connectivity index (χ3v) is 1.15. The van der Waals surface area contributed by atoms with Gasteiger partial charge in [-0.25, -0.2) is 0 Å². The van der Waals surface area contributed by atoms with Crippen molar-refractivity contribution in [2.45, 2.75) is 12.5 Å². The van der Waals surface area contributed by atoms with Crippen LogP contribution in [0, 0.1) is 0 Å². The van der Waals surface area contributed by atoms with Gasteiger partial charge in [0.1, 0.15) is 0 Å². The molecule has 0 bridgehead atoms. The maximum absolute atomic E-state index is 8.46. The van der Waals surface area contributed by atoms with Gasteiger partial charge in [-0.1, -0.05) is 12.2 Å². The van der Waals surface area contributed by atoms with Gasteiger partial charge in [0.05, 0.1) is 6.61 Å². The van der Waals surface area contributed by atoms with Crippen molar-refractivity contribution >= 4 is 12.4 Å². The van der Waals surface area contributed by atoms with Crippen LogP contribution >= 0.6 is 12.4 Å². The van der Waals surface area contributed by atoms with Crippen LogP contribution in [0.15, 0.2) is 12.2 Å². The second kappa shape index (κ2) is 7.02. The lowest BCUT2D eigenvalue weighted by atomic mass is 10.1. The van der Waals surface area contributed by atoms with E-state index in [1.54, 1.807) is 0 Å². The molecular weight excluding hydrogens is 154 g/mol. The van der Waals surface area contributed by atoms with Crippen molar-refractivity contribution in [3.05, 3.63) is 12.2 Å². The Labute approximate surface area is 67.0 Å². The number of hydrogen-bond acceptors (Lipinski definition) is 3. The minimum atomic E-state index is -0.378. The van der Waals surface area contributed by atoms with E-state index in [1.807, 2.05) is 0 Å². The average Bonchev–Trinajstić information content (AvgIpc) is 1.87. The highest BCUT2D eigenvalue weighted by atomic mass is 35.5. The molecule has 62 valence electrons. The molecule has 3 nitrogen and oxygen atoms in total. The predicted octanol–water partition coefficient (Wildman–Crippen LogP) is -0.334. The molecule has 4 N–H and O–H groups in total. The van der Waals surface area contributed by atoms with E-state index in [0.29, 0.717) is 12.0 Å². The van der Waals surface area contributed by atoms with Gasteiger partial charge in [0.2, 0.25) is 0 Å². The zero-order valence-electron chi connectivity index (χ0n) is 5.79. The number of hydrogen-bond donors (Lipinski definition) is 3. The van der Waals surface area contributed by atoms with E-state index in [2.05, 4.69) is 6.58 Å². The zero-order valence-corrected chi connectivity index (χ0v) is 6.60. The van der Waals surface area contributed by atoms with Crippen molar-refractivity contribution in [3.8, 4) is 0 Å². The minimum absolute atomic E-state index is 0. The lowest BCUT2D eigenvalue weighted by Crippen LogP contribution is -2.26. The Morgan fingerprint density at radius 3 is 2.30 bits per heavy atom. The van der Waals surface area contributed by atoms with Gasteiger partial charge in [-0.2, -0.15) is 0 Å². The van der Waals surface area contributed by atoms with Crippen LogP contribution in [-0.4, -0.2) is 29.5 Å². The molecule has 0 aliphatic carbocycles. The molecule has 0 aromatic rings. The minimum Gasteiger partial charge on any atom is -0.396 e. The van der Waals surface area contributed by atoms with Gasteiger partial charge in [-0.05, 0) is 6.42 Å². The Hall–Kier alpha value is -0.0900. The van der Waals surface area contributed by atoms with Gasteiger partial charge < -0.3 is 15.9 Å². The van der Waals surface area contributed by atoms with Crippen LogP contribution in [0.1, 0.15) is 6.42 Å². The summed E-state index contributed by atoms with van der Waals surface area (Å²) >= 11 is 0. The zero-order chi connectivity index (χ0) is 7.28. The molecule has 10 heavy (non-hydrogen) atoms. The first-order chi connectivity index (χ1) is 4.22. The molecule has 0 saturated carbocycles. The fourth-order valence-electron chi connectivity index (χ4n) is 0.458. The van der Waals surface area contributed by atoms with E-state index >= 15 is 0 Å². The van der Waals surface area contributed by atoms with E-state index in [-0.39, 0.29) is 31.7 Å². The van der Waals surface area contributed by atoms with E-state index in [9.17, 15) is 0 Å². The van der Waals surface area contributed by atoms with Crippen LogP contribution in [0.5, 0.6) is 0 Å². The quantitative estimate of drug-likeness (QED) is 0.503. The highest BCUT2D eigenvalue weighted by molar-refractivity contribution is 5.85. The molecule has 0 saturated heterocycles. The summed E-state index contributed by atoms with van der Waals surface area (Å²) in [5.41, 5.74) is 6.04. The molecular formula is C6H14ClNO2. The van der Waals surface area contributed by atoms with Gasteiger partial charge in [0.15, 0.2) is 0 Å². The summed E-state index contributed by atoms with van der Waals surface area (Å²) in [5.74, 6) is 0. The monoisotopic (exact) mass is 167 g/mol. The summed E-state index contributed by atoms with van der Waals surface area (Å²) < 4.78 is 0. The molecule has 0 amide bonds. The summed E-state index contributed by atoms with van der Waals surface area (Å²) in [6.07, 6.45) is 0.474. The van der Waals surface area contributed by atoms with E-state index in [0.717, 1.165) is 0 Å². The molecule has 4 heteroatoms. The lowest BCUT2D eigenvalue weighted by Gasteiger charge is -2.09. The second-order valence-electron chi connectivity index (χ2n) is 1.92. The summed E-state index contributed by atoms with van der Waals surface area (Å²) in [4.78, 5) is 0. The van der Waals surface area contributed by atoms with Crippen molar-refractivity contribution < 1.29 is 10.2 Å². The number of nitrogens with two attached hydrogens (primary N) is 1. The Morgan fingerprint density at radius 1 is 1.50 bits per heavy atom. The van der Waals surface area contributed by atoms with Crippen LogP contribution in [0.4, 0.5) is 0 Å². The standard InChI is InChI=1S/C6H13NO2.ClH/c1-5(2-3-8)6(7)4-9;/h6,8-9H,1-4,7H2;1H/t6-;/m1./s1. The van der Waals surface area contributed by atoms with Crippen LogP contribution in [0.2, 0.25) is 0 Å². The van der Waals surface area contributed by atoms with Crippen molar-refractivity contribution in [1.29, 1.82) is 0 Å². The third-order valence-electron chi connectivity index (χ3n) is 1.15. The van der Waals surface area contributed by atoms with Gasteiger partial charge in [-0.3, -0.25) is 0 Å². The van der Waals surface area contributed by atoms with Crippen LogP contribution in [-0.2, 0) is 0 Å². The smallest absolute Gasteiger partial charge is 0.0621 e. The molecule has 0 heterocycles. The molecule has 0 rings (SSSR count). The summed E-state index contributed by atoms with van der Waals surface area (Å²) in [6.45, 7) is 3.52. The molecule has 0 spiro atoms. The molecule has 1 atom stereocenters. The maximum atomic E-state index is 8.46. The van der Waals surface area contributed by atoms with Crippen molar-refractivity contribution in [2.75, 3.05) is 13.2 Å². The van der Waals surface area contributed by atoms with Crippen LogP contribution in [0.3, 0.4) is 0 Å². The van der Waals surface area contributed by atoms with Crippen LogP contribution in [0.25, 0.3) is 0 Å². The van der Waals surface area contributed by atoms with Gasteiger partial charge >= 0.3 is 0 Å². The van der Waals surface area contributed by atoms with Gasteiger partial charge in [-0.15, -0.1) is 12.4 Å². The first kappa shape index (κ1) is 12.6. The van der Waals surface area contributed by atoms with Gasteiger partial charge in [0.25, 0.3) is 0 Å². The van der Waals surface area contributed by atoms with Crippen molar-refractivity contribution in [1.82, 2.24) is 0 Å².